The van der Waals surface area contributed by atoms with Gasteiger partial charge in [0, 0.05) is 17.6 Å². The highest BCUT2D eigenvalue weighted by Crippen LogP contribution is 2.15. The third kappa shape index (κ3) is 2.23. The van der Waals surface area contributed by atoms with Crippen LogP contribution in [0.2, 0.25) is 0 Å². The van der Waals surface area contributed by atoms with Gasteiger partial charge in [-0.05, 0) is 55.7 Å². The fourth-order valence-electron chi connectivity index (χ4n) is 2.46. The highest BCUT2D eigenvalue weighted by atomic mass is 79.9. The first-order valence-corrected chi connectivity index (χ1v) is 7.57. The molecule has 0 bridgehead atoms. The number of nitrogens with zero attached hydrogens (tertiary/aromatic N) is 3. The van der Waals surface area contributed by atoms with Gasteiger partial charge in [0.05, 0.1) is 5.69 Å². The maximum Gasteiger partial charge on any atom is 0.349 e. The monoisotopic (exact) mass is 339 g/mol. The second-order valence-corrected chi connectivity index (χ2v) is 5.96. The molecule has 0 fully saturated rings. The molecule has 4 nitrogen and oxygen atoms in total. The van der Waals surface area contributed by atoms with Crippen molar-refractivity contribution in [3.05, 3.63) is 44.0 Å². The Kier molecular flexibility index (Phi) is 3.45. The van der Waals surface area contributed by atoms with Crippen LogP contribution in [0.25, 0.3) is 5.69 Å². The van der Waals surface area contributed by atoms with Gasteiger partial charge >= 0.3 is 5.69 Å². The molecule has 1 aromatic carbocycles. The molecule has 0 saturated carbocycles. The molecule has 2 aromatic rings. The van der Waals surface area contributed by atoms with E-state index in [0.29, 0.717) is 4.77 Å². The SMILES string of the molecule is O=c1n(-c2ccc(Br)cc2)c(=S)n2n1CCCCC2. The van der Waals surface area contributed by atoms with Crippen molar-refractivity contribution in [2.24, 2.45) is 0 Å². The predicted octanol–water partition coefficient (Wildman–Crippen LogP) is 3.12. The summed E-state index contributed by atoms with van der Waals surface area (Å²) in [6.45, 7) is 1.59. The van der Waals surface area contributed by atoms with Gasteiger partial charge < -0.3 is 0 Å². The zero-order chi connectivity index (χ0) is 13.4. The summed E-state index contributed by atoms with van der Waals surface area (Å²) in [7, 11) is 0. The van der Waals surface area contributed by atoms with Gasteiger partial charge in [-0.3, -0.25) is 4.68 Å². The minimum absolute atomic E-state index is 0.0331. The molecule has 1 aliphatic heterocycles. The van der Waals surface area contributed by atoms with E-state index in [4.69, 9.17) is 12.2 Å². The van der Waals surface area contributed by atoms with Crippen molar-refractivity contribution in [3.63, 3.8) is 0 Å². The summed E-state index contributed by atoms with van der Waals surface area (Å²) in [6, 6.07) is 7.65. The number of fused-ring (bicyclic) bond motifs is 1. The summed E-state index contributed by atoms with van der Waals surface area (Å²) in [5, 5.41) is 0. The second kappa shape index (κ2) is 5.09. The lowest BCUT2D eigenvalue weighted by molar-refractivity contribution is 0.472. The smallest absolute Gasteiger partial charge is 0.256 e. The van der Waals surface area contributed by atoms with Gasteiger partial charge in [0.2, 0.25) is 4.77 Å². The van der Waals surface area contributed by atoms with Crippen LogP contribution >= 0.6 is 28.1 Å². The van der Waals surface area contributed by atoms with Crippen molar-refractivity contribution in [2.45, 2.75) is 32.4 Å². The molecule has 100 valence electrons. The van der Waals surface area contributed by atoms with Crippen LogP contribution < -0.4 is 5.69 Å². The molecule has 0 amide bonds. The molecule has 6 heteroatoms. The van der Waals surface area contributed by atoms with Gasteiger partial charge in [-0.25, -0.2) is 14.0 Å². The zero-order valence-electron chi connectivity index (χ0n) is 10.4. The van der Waals surface area contributed by atoms with Gasteiger partial charge in [0.1, 0.15) is 0 Å². The van der Waals surface area contributed by atoms with Crippen LogP contribution in [0.15, 0.2) is 33.5 Å². The summed E-state index contributed by atoms with van der Waals surface area (Å²) in [4.78, 5) is 12.5. The van der Waals surface area contributed by atoms with Crippen LogP contribution in [0.1, 0.15) is 19.3 Å². The summed E-state index contributed by atoms with van der Waals surface area (Å²) in [6.07, 6.45) is 3.28. The largest absolute Gasteiger partial charge is 0.349 e. The van der Waals surface area contributed by atoms with E-state index in [1.807, 2.05) is 28.9 Å². The first-order chi connectivity index (χ1) is 9.18. The lowest BCUT2D eigenvalue weighted by Crippen LogP contribution is -2.26. The van der Waals surface area contributed by atoms with Crippen LogP contribution in [0.3, 0.4) is 0 Å². The van der Waals surface area contributed by atoms with Crippen molar-refractivity contribution < 1.29 is 0 Å². The fraction of sp³-hybridized carbons (Fsp3) is 0.385. The van der Waals surface area contributed by atoms with Crippen molar-refractivity contribution in [1.29, 1.82) is 0 Å². The predicted molar refractivity (Wildman–Crippen MR) is 80.4 cm³/mol. The van der Waals surface area contributed by atoms with Gasteiger partial charge in [0.25, 0.3) is 0 Å². The molecule has 3 rings (SSSR count). The summed E-state index contributed by atoms with van der Waals surface area (Å²) in [5.74, 6) is 0. The van der Waals surface area contributed by atoms with E-state index in [9.17, 15) is 4.79 Å². The topological polar surface area (TPSA) is 31.9 Å². The number of aromatic nitrogens is 3. The maximum absolute atomic E-state index is 12.5. The molecule has 0 saturated heterocycles. The maximum atomic E-state index is 12.5. The van der Waals surface area contributed by atoms with Crippen molar-refractivity contribution in [3.8, 4) is 5.69 Å². The summed E-state index contributed by atoms with van der Waals surface area (Å²) < 4.78 is 6.91. The van der Waals surface area contributed by atoms with Crippen LogP contribution in [0.4, 0.5) is 0 Å². The van der Waals surface area contributed by atoms with Crippen LogP contribution in [0, 0.1) is 4.77 Å². The molecule has 0 aliphatic carbocycles. The number of hydrogen-bond acceptors (Lipinski definition) is 2. The Morgan fingerprint density at radius 3 is 2.32 bits per heavy atom. The lowest BCUT2D eigenvalue weighted by atomic mass is 10.2. The molecule has 2 heterocycles. The Labute approximate surface area is 124 Å². The fourth-order valence-corrected chi connectivity index (χ4v) is 3.10. The summed E-state index contributed by atoms with van der Waals surface area (Å²) in [5.41, 5.74) is 0.792. The standard InChI is InChI=1S/C13H14BrN3OS/c14-10-4-6-11(7-5-10)17-12(18)15-8-2-1-3-9-16(15)13(17)19/h4-7H,1-3,8-9H2. The number of rotatable bonds is 1. The Bertz CT molecular complexity index is 673. The van der Waals surface area contributed by atoms with E-state index >= 15 is 0 Å². The quantitative estimate of drug-likeness (QED) is 0.747. The molecule has 1 aromatic heterocycles. The van der Waals surface area contributed by atoms with E-state index in [1.165, 1.54) is 0 Å². The van der Waals surface area contributed by atoms with Gasteiger partial charge in [0.15, 0.2) is 0 Å². The summed E-state index contributed by atoms with van der Waals surface area (Å²) >= 11 is 8.87. The molecular weight excluding hydrogens is 326 g/mol. The molecule has 1 aliphatic rings. The molecule has 0 atom stereocenters. The molecule has 0 spiro atoms. The van der Waals surface area contributed by atoms with Crippen molar-refractivity contribution >= 4 is 28.1 Å². The van der Waals surface area contributed by atoms with E-state index in [2.05, 4.69) is 15.9 Å². The molecule has 0 N–H and O–H groups in total. The average molecular weight is 340 g/mol. The zero-order valence-corrected chi connectivity index (χ0v) is 12.8. The van der Waals surface area contributed by atoms with E-state index in [-0.39, 0.29) is 5.69 Å². The van der Waals surface area contributed by atoms with E-state index in [0.717, 1.165) is 42.5 Å². The number of benzene rings is 1. The van der Waals surface area contributed by atoms with E-state index < -0.39 is 0 Å². The molecule has 19 heavy (non-hydrogen) atoms. The van der Waals surface area contributed by atoms with Gasteiger partial charge in [-0.1, -0.05) is 15.9 Å². The van der Waals surface area contributed by atoms with Crippen LogP contribution in [-0.2, 0) is 13.1 Å². The third-order valence-electron chi connectivity index (χ3n) is 3.44. The highest BCUT2D eigenvalue weighted by molar-refractivity contribution is 9.10. The molecule has 0 radical (unpaired) electrons. The Hall–Kier alpha value is -1.14. The molecular formula is C13H14BrN3OS. The highest BCUT2D eigenvalue weighted by Gasteiger charge is 2.16. The van der Waals surface area contributed by atoms with Crippen molar-refractivity contribution in [2.75, 3.05) is 0 Å². The Morgan fingerprint density at radius 2 is 1.63 bits per heavy atom. The van der Waals surface area contributed by atoms with Crippen molar-refractivity contribution in [1.82, 2.24) is 13.9 Å². The first kappa shape index (κ1) is 12.9. The average Bonchev–Trinajstić information content (AvgIpc) is 2.61. The minimum atomic E-state index is -0.0331. The van der Waals surface area contributed by atoms with Gasteiger partial charge in [-0.15, -0.1) is 0 Å². The van der Waals surface area contributed by atoms with Gasteiger partial charge in [-0.2, -0.15) is 0 Å². The molecule has 0 unspecified atom stereocenters. The normalized spacial score (nSPS) is 15.0. The second-order valence-electron chi connectivity index (χ2n) is 4.68. The van der Waals surface area contributed by atoms with Crippen LogP contribution in [-0.4, -0.2) is 13.9 Å². The Balaban J connectivity index is 2.20. The Morgan fingerprint density at radius 1 is 1.00 bits per heavy atom. The number of halogens is 1. The van der Waals surface area contributed by atoms with E-state index in [1.54, 1.807) is 9.25 Å². The number of hydrogen-bond donors (Lipinski definition) is 0. The lowest BCUT2D eigenvalue weighted by Gasteiger charge is -2.03. The minimum Gasteiger partial charge on any atom is -0.256 e. The first-order valence-electron chi connectivity index (χ1n) is 6.37. The van der Waals surface area contributed by atoms with Crippen LogP contribution in [0.5, 0.6) is 0 Å². The third-order valence-corrected chi connectivity index (χ3v) is 4.36.